The van der Waals surface area contributed by atoms with E-state index < -0.39 is 35.8 Å². The van der Waals surface area contributed by atoms with Gasteiger partial charge in [-0.3, -0.25) is 14.9 Å². The van der Waals surface area contributed by atoms with Crippen molar-refractivity contribution in [2.75, 3.05) is 13.1 Å². The van der Waals surface area contributed by atoms with E-state index in [4.69, 9.17) is 0 Å². The molecule has 33 heavy (non-hydrogen) atoms. The lowest BCUT2D eigenvalue weighted by Gasteiger charge is -2.16. The first kappa shape index (κ1) is 25.1. The van der Waals surface area contributed by atoms with Gasteiger partial charge in [0, 0.05) is 12.8 Å². The molecule has 2 amide bonds. The number of hydrogen-bond donors (Lipinski definition) is 7. The smallest absolute Gasteiger partial charge is 0.326 e. The minimum Gasteiger partial charge on any atom is -0.508 e. The Morgan fingerprint density at radius 3 is 1.27 bits per heavy atom. The average Bonchev–Trinajstić information content (AvgIpc) is 2.75. The van der Waals surface area contributed by atoms with Crippen LogP contribution in [0, 0.1) is 0 Å². The fourth-order valence-electron chi connectivity index (χ4n) is 2.92. The van der Waals surface area contributed by atoms with E-state index in [2.05, 4.69) is 16.0 Å². The van der Waals surface area contributed by atoms with Crippen LogP contribution in [-0.4, -0.2) is 69.4 Å². The van der Waals surface area contributed by atoms with E-state index in [0.29, 0.717) is 11.1 Å². The molecule has 0 aliphatic carbocycles. The maximum absolute atomic E-state index is 12.1. The fraction of sp³-hybridized carbons (Fsp3) is 0.273. The Labute approximate surface area is 189 Å². The molecular formula is C22H25N3O8. The minimum absolute atomic E-state index is 0.000604. The van der Waals surface area contributed by atoms with Crippen LogP contribution >= 0.6 is 0 Å². The highest BCUT2D eigenvalue weighted by atomic mass is 16.4. The number of hydrogen-bond acceptors (Lipinski definition) is 7. The summed E-state index contributed by atoms with van der Waals surface area (Å²) >= 11 is 0. The molecule has 0 fully saturated rings. The lowest BCUT2D eigenvalue weighted by Crippen LogP contribution is -2.49. The minimum atomic E-state index is -1.24. The van der Waals surface area contributed by atoms with Crippen LogP contribution in [0.25, 0.3) is 0 Å². The number of amides is 2. The van der Waals surface area contributed by atoms with Crippen molar-refractivity contribution in [1.82, 2.24) is 16.0 Å². The normalized spacial score (nSPS) is 12.4. The summed E-state index contributed by atoms with van der Waals surface area (Å²) < 4.78 is 0. The molecule has 0 aliphatic heterocycles. The lowest BCUT2D eigenvalue weighted by molar-refractivity contribution is -0.141. The Hall–Kier alpha value is -4.12. The lowest BCUT2D eigenvalue weighted by atomic mass is 10.1. The summed E-state index contributed by atoms with van der Waals surface area (Å²) in [4.78, 5) is 47.0. The van der Waals surface area contributed by atoms with E-state index in [-0.39, 0.29) is 37.4 Å². The van der Waals surface area contributed by atoms with E-state index in [9.17, 15) is 39.6 Å². The number of carbonyl (C=O) groups is 4. The van der Waals surface area contributed by atoms with Crippen LogP contribution in [-0.2, 0) is 32.0 Å². The third-order valence-corrected chi connectivity index (χ3v) is 4.59. The Morgan fingerprint density at radius 1 is 0.636 bits per heavy atom. The van der Waals surface area contributed by atoms with E-state index in [0.717, 1.165) is 0 Å². The van der Waals surface area contributed by atoms with Crippen molar-refractivity contribution in [2.24, 2.45) is 0 Å². The van der Waals surface area contributed by atoms with Gasteiger partial charge < -0.3 is 31.1 Å². The van der Waals surface area contributed by atoms with Crippen LogP contribution in [0.2, 0.25) is 0 Å². The van der Waals surface area contributed by atoms with Gasteiger partial charge in [0.05, 0.1) is 13.1 Å². The van der Waals surface area contributed by atoms with Crippen LogP contribution in [0.5, 0.6) is 11.5 Å². The summed E-state index contributed by atoms with van der Waals surface area (Å²) in [5, 5.41) is 44.4. The van der Waals surface area contributed by atoms with E-state index in [1.54, 1.807) is 0 Å². The quantitative estimate of drug-likeness (QED) is 0.222. The molecule has 0 aromatic heterocycles. The number of aliphatic carboxylic acids is 2. The second-order valence-corrected chi connectivity index (χ2v) is 7.26. The highest BCUT2D eigenvalue weighted by molar-refractivity contribution is 5.87. The largest absolute Gasteiger partial charge is 0.508 e. The number of rotatable bonds is 12. The van der Waals surface area contributed by atoms with Gasteiger partial charge in [-0.15, -0.1) is 0 Å². The maximum Gasteiger partial charge on any atom is 0.326 e. The summed E-state index contributed by atoms with van der Waals surface area (Å²) in [5.74, 6) is -3.74. The molecule has 0 saturated heterocycles. The Morgan fingerprint density at radius 2 is 0.970 bits per heavy atom. The Bertz CT molecular complexity index is 897. The predicted octanol–water partition coefficient (Wildman–Crippen LogP) is -0.389. The predicted molar refractivity (Wildman–Crippen MR) is 116 cm³/mol. The number of phenolic OH excluding ortho intramolecular Hbond substituents is 2. The molecule has 2 aromatic carbocycles. The molecule has 0 unspecified atom stereocenters. The summed E-state index contributed by atoms with van der Waals surface area (Å²) in [6.45, 7) is -0.717. The number of carboxylic acids is 2. The fourth-order valence-corrected chi connectivity index (χ4v) is 2.92. The van der Waals surface area contributed by atoms with Crippen molar-refractivity contribution in [2.45, 2.75) is 24.9 Å². The zero-order valence-electron chi connectivity index (χ0n) is 17.5. The molecule has 2 atom stereocenters. The molecule has 0 heterocycles. The first-order chi connectivity index (χ1) is 15.6. The van der Waals surface area contributed by atoms with Crippen molar-refractivity contribution in [3.8, 4) is 11.5 Å². The topological polar surface area (TPSA) is 185 Å². The van der Waals surface area contributed by atoms with Gasteiger partial charge >= 0.3 is 11.9 Å². The average molecular weight is 459 g/mol. The van der Waals surface area contributed by atoms with Crippen molar-refractivity contribution >= 4 is 23.8 Å². The van der Waals surface area contributed by atoms with Crippen LogP contribution in [0.15, 0.2) is 48.5 Å². The third-order valence-electron chi connectivity index (χ3n) is 4.59. The maximum atomic E-state index is 12.1. The van der Waals surface area contributed by atoms with Gasteiger partial charge in [0.2, 0.25) is 11.8 Å². The number of benzene rings is 2. The Kier molecular flexibility index (Phi) is 9.18. The molecule has 0 radical (unpaired) electrons. The summed E-state index contributed by atoms with van der Waals surface area (Å²) in [7, 11) is 0. The van der Waals surface area contributed by atoms with Crippen LogP contribution in [0.1, 0.15) is 11.1 Å². The van der Waals surface area contributed by atoms with E-state index in [1.165, 1.54) is 48.5 Å². The van der Waals surface area contributed by atoms with E-state index in [1.807, 2.05) is 0 Å². The number of carbonyl (C=O) groups excluding carboxylic acids is 2. The van der Waals surface area contributed by atoms with Gasteiger partial charge in [-0.2, -0.15) is 0 Å². The first-order valence-electron chi connectivity index (χ1n) is 9.95. The summed E-state index contributed by atoms with van der Waals surface area (Å²) in [6, 6.07) is 9.36. The van der Waals surface area contributed by atoms with Crippen molar-refractivity contribution in [3.63, 3.8) is 0 Å². The van der Waals surface area contributed by atoms with Gasteiger partial charge in [0.25, 0.3) is 0 Å². The SMILES string of the molecule is O=C(CNCC(=O)N[C@@H](Cc1ccc(O)cc1)C(=O)O)N[C@@H](Cc1ccc(O)cc1)C(=O)O. The number of aromatic hydroxyl groups is 2. The molecule has 0 saturated carbocycles. The highest BCUT2D eigenvalue weighted by Crippen LogP contribution is 2.12. The molecule has 11 heteroatoms. The molecule has 176 valence electrons. The number of nitrogens with one attached hydrogen (secondary N) is 3. The third kappa shape index (κ3) is 8.87. The number of carboxylic acid groups (broad SMARTS) is 2. The van der Waals surface area contributed by atoms with Gasteiger partial charge in [0.1, 0.15) is 23.6 Å². The standard InChI is InChI=1S/C22H25N3O8/c26-15-5-1-13(2-6-15)9-17(21(30)31)24-19(28)11-23-12-20(29)25-18(22(32)33)10-14-3-7-16(27)8-4-14/h1-8,17-18,23,26-27H,9-12H2,(H,24,28)(H,25,29)(H,30,31)(H,32,33)/t17-,18-/m0/s1. The molecular weight excluding hydrogens is 434 g/mol. The molecule has 0 aliphatic rings. The number of phenols is 2. The molecule has 2 rings (SSSR count). The van der Waals surface area contributed by atoms with E-state index >= 15 is 0 Å². The molecule has 7 N–H and O–H groups in total. The van der Waals surface area contributed by atoms with Crippen molar-refractivity contribution in [1.29, 1.82) is 0 Å². The summed E-state index contributed by atoms with van der Waals surface area (Å²) in [5.41, 5.74) is 1.20. The van der Waals surface area contributed by atoms with Gasteiger partial charge in [0.15, 0.2) is 0 Å². The molecule has 11 nitrogen and oxygen atoms in total. The van der Waals surface area contributed by atoms with Gasteiger partial charge in [-0.1, -0.05) is 24.3 Å². The van der Waals surface area contributed by atoms with Crippen molar-refractivity contribution < 1.29 is 39.6 Å². The molecule has 2 aromatic rings. The zero-order valence-corrected chi connectivity index (χ0v) is 17.5. The highest BCUT2D eigenvalue weighted by Gasteiger charge is 2.22. The second kappa shape index (κ2) is 12.1. The molecule has 0 spiro atoms. The van der Waals surface area contributed by atoms with Crippen molar-refractivity contribution in [3.05, 3.63) is 59.7 Å². The first-order valence-corrected chi connectivity index (χ1v) is 9.95. The van der Waals surface area contributed by atoms with Crippen LogP contribution in [0.3, 0.4) is 0 Å². The van der Waals surface area contributed by atoms with Gasteiger partial charge in [-0.05, 0) is 35.4 Å². The monoisotopic (exact) mass is 459 g/mol. The zero-order chi connectivity index (χ0) is 24.4. The second-order valence-electron chi connectivity index (χ2n) is 7.26. The Balaban J connectivity index is 1.79. The van der Waals surface area contributed by atoms with Crippen LogP contribution in [0.4, 0.5) is 0 Å². The van der Waals surface area contributed by atoms with Crippen LogP contribution < -0.4 is 16.0 Å². The summed E-state index contributed by atoms with van der Waals surface area (Å²) in [6.07, 6.45) is -0.00121. The molecule has 0 bridgehead atoms. The van der Waals surface area contributed by atoms with Gasteiger partial charge in [-0.25, -0.2) is 9.59 Å².